The molecular formula is C21H25NO4. The molecule has 0 spiro atoms. The van der Waals surface area contributed by atoms with E-state index in [4.69, 9.17) is 9.47 Å². The van der Waals surface area contributed by atoms with Crippen LogP contribution in [0.4, 0.5) is 5.69 Å². The summed E-state index contributed by atoms with van der Waals surface area (Å²) in [5.74, 6) is -0.379. The molecule has 0 saturated carbocycles. The Kier molecular flexibility index (Phi) is 7.21. The van der Waals surface area contributed by atoms with E-state index in [9.17, 15) is 9.59 Å². The largest absolute Gasteiger partial charge is 0.482 e. The highest BCUT2D eigenvalue weighted by Gasteiger charge is 2.18. The molecule has 5 heteroatoms. The van der Waals surface area contributed by atoms with Crippen LogP contribution in [-0.4, -0.2) is 24.6 Å². The quantitative estimate of drug-likeness (QED) is 0.732. The first-order valence-corrected chi connectivity index (χ1v) is 8.82. The molecule has 2 rings (SSSR count). The first kappa shape index (κ1) is 19.5. The smallest absolute Gasteiger partial charge is 0.344 e. The number of rotatable bonds is 8. The lowest BCUT2D eigenvalue weighted by atomic mass is 10.1. The molecule has 1 amide bonds. The molecule has 0 bridgehead atoms. The number of esters is 1. The third kappa shape index (κ3) is 5.92. The number of carbonyl (C=O) groups is 2. The number of carbonyl (C=O) groups excluding carboxylic acids is 2. The number of hydrogen-bond donors (Lipinski definition) is 1. The molecule has 1 unspecified atom stereocenters. The molecule has 0 aromatic heterocycles. The second-order valence-corrected chi connectivity index (χ2v) is 5.96. The predicted octanol–water partition coefficient (Wildman–Crippen LogP) is 3.76. The van der Waals surface area contributed by atoms with Gasteiger partial charge < -0.3 is 14.8 Å². The van der Waals surface area contributed by atoms with Crippen molar-refractivity contribution in [2.45, 2.75) is 39.7 Å². The Bertz CT molecular complexity index is 723. The van der Waals surface area contributed by atoms with Crippen molar-refractivity contribution < 1.29 is 19.1 Å². The van der Waals surface area contributed by atoms with Crippen LogP contribution in [0.25, 0.3) is 0 Å². The summed E-state index contributed by atoms with van der Waals surface area (Å²) in [5.41, 5.74) is 3.05. The summed E-state index contributed by atoms with van der Waals surface area (Å²) in [6.07, 6.45) is 0.971. The monoisotopic (exact) mass is 355 g/mol. The van der Waals surface area contributed by atoms with Crippen LogP contribution in [-0.2, 0) is 27.2 Å². The van der Waals surface area contributed by atoms with Gasteiger partial charge >= 0.3 is 5.97 Å². The van der Waals surface area contributed by atoms with E-state index >= 15 is 0 Å². The molecule has 2 aromatic carbocycles. The minimum Gasteiger partial charge on any atom is -0.482 e. The maximum Gasteiger partial charge on any atom is 0.344 e. The molecule has 26 heavy (non-hydrogen) atoms. The number of ether oxygens (including phenoxy) is 2. The predicted molar refractivity (Wildman–Crippen MR) is 101 cm³/mol. The molecule has 0 heterocycles. The van der Waals surface area contributed by atoms with Gasteiger partial charge in [0, 0.05) is 5.69 Å². The molecule has 2 aromatic rings. The van der Waals surface area contributed by atoms with Gasteiger partial charge in [-0.1, -0.05) is 38.1 Å². The normalized spacial score (nSPS) is 11.5. The summed E-state index contributed by atoms with van der Waals surface area (Å²) in [4.78, 5) is 24.0. The van der Waals surface area contributed by atoms with Crippen molar-refractivity contribution in [2.24, 2.45) is 0 Å². The summed E-state index contributed by atoms with van der Waals surface area (Å²) in [6.45, 7) is 5.42. The van der Waals surface area contributed by atoms with Gasteiger partial charge in [-0.15, -0.1) is 0 Å². The topological polar surface area (TPSA) is 64.6 Å². The maximum atomic E-state index is 12.1. The van der Waals surface area contributed by atoms with Crippen molar-refractivity contribution >= 4 is 17.6 Å². The molecule has 0 aliphatic rings. The molecule has 138 valence electrons. The van der Waals surface area contributed by atoms with Gasteiger partial charge in [0.1, 0.15) is 5.75 Å². The van der Waals surface area contributed by atoms with Crippen LogP contribution in [0.5, 0.6) is 5.75 Å². The Labute approximate surface area is 154 Å². The van der Waals surface area contributed by atoms with E-state index in [1.165, 1.54) is 18.1 Å². The molecule has 5 nitrogen and oxygen atoms in total. The van der Waals surface area contributed by atoms with Gasteiger partial charge in [0.05, 0.1) is 0 Å². The highest BCUT2D eigenvalue weighted by molar-refractivity contribution is 5.95. The van der Waals surface area contributed by atoms with E-state index < -0.39 is 12.1 Å². The van der Waals surface area contributed by atoms with Crippen molar-refractivity contribution in [2.75, 3.05) is 11.9 Å². The third-order valence-electron chi connectivity index (χ3n) is 4.00. The van der Waals surface area contributed by atoms with E-state index in [0.29, 0.717) is 11.4 Å². The van der Waals surface area contributed by atoms with Crippen LogP contribution < -0.4 is 10.1 Å². The van der Waals surface area contributed by atoms with Crippen LogP contribution in [0, 0.1) is 0 Å². The van der Waals surface area contributed by atoms with Crippen LogP contribution in [0.1, 0.15) is 31.9 Å². The van der Waals surface area contributed by atoms with E-state index in [1.54, 1.807) is 0 Å². The lowest BCUT2D eigenvalue weighted by molar-refractivity contribution is -0.155. The summed E-state index contributed by atoms with van der Waals surface area (Å²) in [6, 6.07) is 15.1. The highest BCUT2D eigenvalue weighted by atomic mass is 16.6. The Morgan fingerprint density at radius 3 is 2.00 bits per heavy atom. The van der Waals surface area contributed by atoms with Gasteiger partial charge in [-0.05, 0) is 55.2 Å². The first-order valence-electron chi connectivity index (χ1n) is 8.82. The molecule has 0 fully saturated rings. The summed E-state index contributed by atoms with van der Waals surface area (Å²) in [7, 11) is 0. The van der Waals surface area contributed by atoms with Crippen molar-refractivity contribution in [3.8, 4) is 5.75 Å². The summed E-state index contributed by atoms with van der Waals surface area (Å²) >= 11 is 0. The van der Waals surface area contributed by atoms with Crippen LogP contribution in [0.3, 0.4) is 0 Å². The Balaban J connectivity index is 1.78. The SMILES string of the molecule is CCc1ccc(NC(=O)C(C)OC(=O)COc2ccc(CC)cc2)cc1. The lowest BCUT2D eigenvalue weighted by Crippen LogP contribution is -2.31. The highest BCUT2D eigenvalue weighted by Crippen LogP contribution is 2.13. The van der Waals surface area contributed by atoms with Crippen LogP contribution >= 0.6 is 0 Å². The number of nitrogens with one attached hydrogen (secondary N) is 1. The first-order chi connectivity index (χ1) is 12.5. The Hall–Kier alpha value is -2.82. The van der Waals surface area contributed by atoms with Gasteiger partial charge in [-0.2, -0.15) is 0 Å². The van der Waals surface area contributed by atoms with Crippen molar-refractivity contribution in [3.63, 3.8) is 0 Å². The van der Waals surface area contributed by atoms with E-state index in [2.05, 4.69) is 19.2 Å². The Morgan fingerprint density at radius 2 is 1.46 bits per heavy atom. The minimum absolute atomic E-state index is 0.242. The van der Waals surface area contributed by atoms with Crippen molar-refractivity contribution in [3.05, 3.63) is 59.7 Å². The fraction of sp³-hybridized carbons (Fsp3) is 0.333. The zero-order valence-corrected chi connectivity index (χ0v) is 15.5. The van der Waals surface area contributed by atoms with E-state index in [1.807, 2.05) is 48.5 Å². The fourth-order valence-corrected chi connectivity index (χ4v) is 2.32. The van der Waals surface area contributed by atoms with Gasteiger partial charge in [0.25, 0.3) is 5.91 Å². The molecule has 0 aliphatic carbocycles. The summed E-state index contributed by atoms with van der Waals surface area (Å²) in [5, 5.41) is 2.73. The molecule has 0 aliphatic heterocycles. The van der Waals surface area contributed by atoms with Gasteiger partial charge in [-0.25, -0.2) is 4.79 Å². The van der Waals surface area contributed by atoms with E-state index in [0.717, 1.165) is 12.8 Å². The zero-order chi connectivity index (χ0) is 18.9. The molecule has 0 radical (unpaired) electrons. The number of benzene rings is 2. The molecule has 1 atom stereocenters. The minimum atomic E-state index is -0.903. The zero-order valence-electron chi connectivity index (χ0n) is 15.5. The average Bonchev–Trinajstić information content (AvgIpc) is 2.67. The third-order valence-corrected chi connectivity index (χ3v) is 4.00. The molecule has 1 N–H and O–H groups in total. The second kappa shape index (κ2) is 9.61. The number of hydrogen-bond acceptors (Lipinski definition) is 4. The number of amides is 1. The number of aryl methyl sites for hydroxylation is 2. The summed E-state index contributed by atoms with van der Waals surface area (Å²) < 4.78 is 10.5. The van der Waals surface area contributed by atoms with E-state index in [-0.39, 0.29) is 12.5 Å². The van der Waals surface area contributed by atoms with Crippen molar-refractivity contribution in [1.29, 1.82) is 0 Å². The van der Waals surface area contributed by atoms with Gasteiger partial charge in [0.2, 0.25) is 0 Å². The van der Waals surface area contributed by atoms with Gasteiger partial charge in [-0.3, -0.25) is 4.79 Å². The second-order valence-electron chi connectivity index (χ2n) is 5.96. The maximum absolute atomic E-state index is 12.1. The Morgan fingerprint density at radius 1 is 0.923 bits per heavy atom. The van der Waals surface area contributed by atoms with Gasteiger partial charge in [0.15, 0.2) is 12.7 Å². The van der Waals surface area contributed by atoms with Crippen LogP contribution in [0.15, 0.2) is 48.5 Å². The van der Waals surface area contributed by atoms with Crippen LogP contribution in [0.2, 0.25) is 0 Å². The molecular weight excluding hydrogens is 330 g/mol. The fourth-order valence-electron chi connectivity index (χ4n) is 2.32. The van der Waals surface area contributed by atoms with Crippen molar-refractivity contribution in [1.82, 2.24) is 0 Å². The molecule has 0 saturated heterocycles. The average molecular weight is 355 g/mol. The lowest BCUT2D eigenvalue weighted by Gasteiger charge is -2.14. The standard InChI is InChI=1S/C21H25NO4/c1-4-16-6-10-18(11-7-16)22-21(24)15(3)26-20(23)14-25-19-12-8-17(5-2)9-13-19/h6-13,15H,4-5,14H2,1-3H3,(H,22,24). The number of anilines is 1.